The molecule has 0 saturated heterocycles. The SMILES string of the molecule is C=Cc1c(/C(=C\C)C2=CC=CCC2)cccc1-c1c2c(c(-c3cccc4ccccc34)c3ccccc13)=CCCC=2. The first-order valence-electron chi connectivity index (χ1n) is 14.8. The molecule has 0 heterocycles. The van der Waals surface area contributed by atoms with E-state index in [9.17, 15) is 0 Å². The van der Waals surface area contributed by atoms with Crippen LogP contribution in [0.2, 0.25) is 0 Å². The molecule has 0 radical (unpaired) electrons. The summed E-state index contributed by atoms with van der Waals surface area (Å²) in [4.78, 5) is 0. The van der Waals surface area contributed by atoms with E-state index in [1.165, 1.54) is 76.5 Å². The van der Waals surface area contributed by atoms with Crippen molar-refractivity contribution in [3.8, 4) is 22.3 Å². The Morgan fingerprint density at radius 1 is 0.683 bits per heavy atom. The van der Waals surface area contributed by atoms with Crippen molar-refractivity contribution in [1.82, 2.24) is 0 Å². The van der Waals surface area contributed by atoms with Crippen molar-refractivity contribution in [1.29, 1.82) is 0 Å². The monoisotopic (exact) mass is 526 g/mol. The molecule has 5 aromatic carbocycles. The highest BCUT2D eigenvalue weighted by Gasteiger charge is 2.20. The number of benzene rings is 5. The van der Waals surface area contributed by atoms with Gasteiger partial charge in [0.15, 0.2) is 0 Å². The van der Waals surface area contributed by atoms with E-state index in [4.69, 9.17) is 0 Å². The van der Waals surface area contributed by atoms with Crippen molar-refractivity contribution in [2.75, 3.05) is 0 Å². The first-order chi connectivity index (χ1) is 20.3. The summed E-state index contributed by atoms with van der Waals surface area (Å²) in [6, 6.07) is 31.3. The molecule has 5 aromatic rings. The van der Waals surface area contributed by atoms with E-state index in [1.807, 2.05) is 0 Å². The lowest BCUT2D eigenvalue weighted by atomic mass is 9.81. The molecule has 0 fully saturated rings. The van der Waals surface area contributed by atoms with Crippen molar-refractivity contribution >= 4 is 45.3 Å². The Hall–Kier alpha value is -4.68. The van der Waals surface area contributed by atoms with Crippen LogP contribution >= 0.6 is 0 Å². The second-order valence-electron chi connectivity index (χ2n) is 11.0. The van der Waals surface area contributed by atoms with Gasteiger partial charge in [0.05, 0.1) is 0 Å². The van der Waals surface area contributed by atoms with Crippen LogP contribution in [0.3, 0.4) is 0 Å². The number of fused-ring (bicyclic) bond motifs is 3. The number of allylic oxidation sites excluding steroid dienone is 6. The molecule has 198 valence electrons. The summed E-state index contributed by atoms with van der Waals surface area (Å²) in [5.41, 5.74) is 10.4. The summed E-state index contributed by atoms with van der Waals surface area (Å²) in [6.07, 6.45) is 20.3. The summed E-state index contributed by atoms with van der Waals surface area (Å²) in [5.74, 6) is 0. The highest BCUT2D eigenvalue weighted by atomic mass is 14.2. The Morgan fingerprint density at radius 3 is 2.00 bits per heavy atom. The minimum Gasteiger partial charge on any atom is -0.0984 e. The van der Waals surface area contributed by atoms with E-state index in [-0.39, 0.29) is 0 Å². The second kappa shape index (κ2) is 10.7. The van der Waals surface area contributed by atoms with Crippen molar-refractivity contribution in [2.45, 2.75) is 32.6 Å². The molecular formula is C41H34. The third-order valence-corrected chi connectivity index (χ3v) is 8.74. The van der Waals surface area contributed by atoms with Crippen LogP contribution in [0.4, 0.5) is 0 Å². The molecule has 0 nitrogen and oxygen atoms in total. The topological polar surface area (TPSA) is 0 Å². The van der Waals surface area contributed by atoms with Crippen LogP contribution in [0.25, 0.3) is 67.6 Å². The Balaban J connectivity index is 1.58. The zero-order valence-electron chi connectivity index (χ0n) is 23.7. The van der Waals surface area contributed by atoms with Crippen molar-refractivity contribution in [2.24, 2.45) is 0 Å². The molecule has 0 aromatic heterocycles. The Labute approximate surface area is 242 Å². The molecule has 0 amide bonds. The first-order valence-corrected chi connectivity index (χ1v) is 14.8. The third kappa shape index (κ3) is 4.23. The molecule has 0 spiro atoms. The van der Waals surface area contributed by atoms with Gasteiger partial charge in [-0.2, -0.15) is 0 Å². The fraction of sp³-hybridized carbons (Fsp3) is 0.122. The summed E-state index contributed by atoms with van der Waals surface area (Å²) in [6.45, 7) is 6.51. The zero-order chi connectivity index (χ0) is 27.8. The normalized spacial score (nSPS) is 14.8. The van der Waals surface area contributed by atoms with Gasteiger partial charge in [0, 0.05) is 0 Å². The molecule has 0 unspecified atom stereocenters. The number of rotatable bonds is 5. The van der Waals surface area contributed by atoms with Crippen LogP contribution < -0.4 is 10.4 Å². The minimum absolute atomic E-state index is 1.05. The summed E-state index contributed by atoms with van der Waals surface area (Å²) in [5, 5.41) is 7.88. The summed E-state index contributed by atoms with van der Waals surface area (Å²) < 4.78 is 0. The Morgan fingerprint density at radius 2 is 1.32 bits per heavy atom. The van der Waals surface area contributed by atoms with Crippen LogP contribution in [0, 0.1) is 0 Å². The van der Waals surface area contributed by atoms with Gasteiger partial charge >= 0.3 is 0 Å². The second-order valence-corrected chi connectivity index (χ2v) is 11.0. The molecule has 2 aliphatic carbocycles. The molecule has 0 bridgehead atoms. The standard InChI is InChI=1S/C41H34/c1-3-30(28-16-6-5-7-17-28)33-25-15-27-34(31(33)4-2)40-36-21-10-12-23-38(36)41(39-24-13-11-22-37(39)40)35-26-14-19-29-18-8-9-20-32(29)35/h3-6,8-10,12,14-16,18-27H,2,7,11,13,17H2,1H3/b30-3-. The maximum atomic E-state index is 4.35. The Kier molecular flexibility index (Phi) is 6.61. The first kappa shape index (κ1) is 25.3. The van der Waals surface area contributed by atoms with Gasteiger partial charge in [-0.3, -0.25) is 0 Å². The Bertz CT molecular complexity index is 2050. The van der Waals surface area contributed by atoms with E-state index in [0.29, 0.717) is 0 Å². The molecule has 7 rings (SSSR count). The lowest BCUT2D eigenvalue weighted by Crippen LogP contribution is -2.31. The molecule has 0 heteroatoms. The molecule has 0 N–H and O–H groups in total. The largest absolute Gasteiger partial charge is 0.0984 e. The van der Waals surface area contributed by atoms with Crippen LogP contribution in [-0.4, -0.2) is 0 Å². The van der Waals surface area contributed by atoms with E-state index >= 15 is 0 Å². The van der Waals surface area contributed by atoms with Crippen molar-refractivity contribution < 1.29 is 0 Å². The van der Waals surface area contributed by atoms with Crippen molar-refractivity contribution in [3.63, 3.8) is 0 Å². The van der Waals surface area contributed by atoms with Gasteiger partial charge in [-0.15, -0.1) is 0 Å². The predicted octanol–water partition coefficient (Wildman–Crippen LogP) is 10.0. The van der Waals surface area contributed by atoms with Gasteiger partial charge in [0.1, 0.15) is 0 Å². The zero-order valence-corrected chi connectivity index (χ0v) is 23.7. The average molecular weight is 527 g/mol. The quantitative estimate of drug-likeness (QED) is 0.214. The highest BCUT2D eigenvalue weighted by molar-refractivity contribution is 6.11. The van der Waals surface area contributed by atoms with E-state index < -0.39 is 0 Å². The van der Waals surface area contributed by atoms with E-state index in [1.54, 1.807) is 0 Å². The van der Waals surface area contributed by atoms with Gasteiger partial charge in [-0.25, -0.2) is 0 Å². The maximum Gasteiger partial charge on any atom is -0.00235 e. The molecule has 2 aliphatic rings. The fourth-order valence-corrected chi connectivity index (χ4v) is 6.96. The summed E-state index contributed by atoms with van der Waals surface area (Å²) >= 11 is 0. The average Bonchev–Trinajstić information content (AvgIpc) is 3.04. The van der Waals surface area contributed by atoms with Crippen molar-refractivity contribution in [3.05, 3.63) is 143 Å². The van der Waals surface area contributed by atoms with Gasteiger partial charge < -0.3 is 0 Å². The third-order valence-electron chi connectivity index (χ3n) is 8.74. The van der Waals surface area contributed by atoms with Gasteiger partial charge in [-0.1, -0.05) is 134 Å². The molecule has 0 aliphatic heterocycles. The fourth-order valence-electron chi connectivity index (χ4n) is 6.96. The van der Waals surface area contributed by atoms with Crippen LogP contribution in [0.5, 0.6) is 0 Å². The predicted molar refractivity (Wildman–Crippen MR) is 180 cm³/mol. The van der Waals surface area contributed by atoms with Gasteiger partial charge in [-0.05, 0) is 109 Å². The minimum atomic E-state index is 1.05. The lowest BCUT2D eigenvalue weighted by Gasteiger charge is -2.22. The lowest BCUT2D eigenvalue weighted by molar-refractivity contribution is 0.995. The summed E-state index contributed by atoms with van der Waals surface area (Å²) in [7, 11) is 0. The number of hydrogen-bond donors (Lipinski definition) is 0. The molecule has 0 saturated carbocycles. The smallest absolute Gasteiger partial charge is 0.00235 e. The molecule has 41 heavy (non-hydrogen) atoms. The molecular weight excluding hydrogens is 492 g/mol. The van der Waals surface area contributed by atoms with Gasteiger partial charge in [0.2, 0.25) is 0 Å². The van der Waals surface area contributed by atoms with Crippen LogP contribution in [0.15, 0.2) is 121 Å². The van der Waals surface area contributed by atoms with Crippen LogP contribution in [-0.2, 0) is 0 Å². The van der Waals surface area contributed by atoms with Crippen LogP contribution in [0.1, 0.15) is 43.7 Å². The maximum absolute atomic E-state index is 4.35. The highest BCUT2D eigenvalue weighted by Crippen LogP contribution is 2.39. The van der Waals surface area contributed by atoms with Gasteiger partial charge in [0.25, 0.3) is 0 Å². The number of hydrogen-bond acceptors (Lipinski definition) is 0. The molecule has 0 atom stereocenters. The van der Waals surface area contributed by atoms with E-state index in [2.05, 4.69) is 141 Å². The van der Waals surface area contributed by atoms with E-state index in [0.717, 1.165) is 25.7 Å².